The molecule has 1 aromatic heterocycles. The van der Waals surface area contributed by atoms with Crippen LogP contribution >= 0.6 is 0 Å². The number of amides is 2. The maximum atomic E-state index is 12.8. The summed E-state index contributed by atoms with van der Waals surface area (Å²) in [5.41, 5.74) is -0.112. The monoisotopic (exact) mass is 498 g/mol. The van der Waals surface area contributed by atoms with Crippen LogP contribution in [0.4, 0.5) is 23.7 Å². The molecule has 2 aromatic rings. The number of nitriles is 1. The summed E-state index contributed by atoms with van der Waals surface area (Å²) in [6.45, 7) is 6.22. The molecule has 8 nitrogen and oxygen atoms in total. The van der Waals surface area contributed by atoms with Crippen LogP contribution in [0.15, 0.2) is 77.0 Å². The number of allylic oxidation sites excluding steroid dienone is 2. The molecule has 2 heterocycles. The molecule has 1 aliphatic rings. The Morgan fingerprint density at radius 3 is 2.50 bits per heavy atom. The Morgan fingerprint density at radius 1 is 1.28 bits per heavy atom. The fraction of sp³-hybridized carbons (Fsp3) is 0.280. The molecule has 0 aliphatic carbocycles. The first kappa shape index (κ1) is 26.3. The van der Waals surface area contributed by atoms with Crippen LogP contribution in [0.1, 0.15) is 25.3 Å². The van der Waals surface area contributed by atoms with Gasteiger partial charge < -0.3 is 20.3 Å². The Balaban J connectivity index is 1.65. The van der Waals surface area contributed by atoms with Crippen molar-refractivity contribution < 1.29 is 22.7 Å². The maximum Gasteiger partial charge on any atom is 0.416 e. The zero-order chi connectivity index (χ0) is 26.1. The van der Waals surface area contributed by atoms with Crippen LogP contribution < -0.4 is 15.4 Å². The maximum absolute atomic E-state index is 12.8. The summed E-state index contributed by atoms with van der Waals surface area (Å²) in [6, 6.07) is 9.31. The van der Waals surface area contributed by atoms with E-state index in [4.69, 9.17) is 4.74 Å². The van der Waals surface area contributed by atoms with Crippen LogP contribution in [0.3, 0.4) is 0 Å². The molecule has 0 unspecified atom stereocenters. The molecule has 2 N–H and O–H groups in total. The predicted octanol–water partition coefficient (Wildman–Crippen LogP) is 5.10. The van der Waals surface area contributed by atoms with Gasteiger partial charge in [-0.2, -0.15) is 18.4 Å². The van der Waals surface area contributed by atoms with E-state index in [-0.39, 0.29) is 29.2 Å². The van der Waals surface area contributed by atoms with E-state index in [2.05, 4.69) is 33.4 Å². The Hall–Kier alpha value is -4.33. The topological polar surface area (TPSA) is 103 Å². The molecular weight excluding hydrogens is 473 g/mol. The average Bonchev–Trinajstić information content (AvgIpc) is 2.87. The summed E-state index contributed by atoms with van der Waals surface area (Å²) in [5, 5.41) is 15.5. The van der Waals surface area contributed by atoms with Gasteiger partial charge in [0.1, 0.15) is 29.0 Å². The van der Waals surface area contributed by atoms with E-state index < -0.39 is 11.7 Å². The highest BCUT2D eigenvalue weighted by atomic mass is 19.4. The van der Waals surface area contributed by atoms with Gasteiger partial charge in [-0.1, -0.05) is 0 Å². The molecule has 1 fully saturated rings. The average molecular weight is 499 g/mol. The minimum atomic E-state index is -4.46. The first-order valence-corrected chi connectivity index (χ1v) is 11.1. The highest BCUT2D eigenvalue weighted by Crippen LogP contribution is 2.31. The molecule has 0 radical (unpaired) electrons. The van der Waals surface area contributed by atoms with Gasteiger partial charge in [-0.25, -0.2) is 9.79 Å². The number of nitrogens with zero attached hydrogens (tertiary/aromatic N) is 4. The van der Waals surface area contributed by atoms with Gasteiger partial charge in [0, 0.05) is 25.3 Å². The van der Waals surface area contributed by atoms with Crippen LogP contribution in [0.5, 0.6) is 5.75 Å². The van der Waals surface area contributed by atoms with Crippen molar-refractivity contribution in [1.29, 1.82) is 5.26 Å². The van der Waals surface area contributed by atoms with Gasteiger partial charge in [0.2, 0.25) is 0 Å². The van der Waals surface area contributed by atoms with Gasteiger partial charge in [0.05, 0.1) is 17.4 Å². The van der Waals surface area contributed by atoms with E-state index >= 15 is 0 Å². The molecule has 2 amide bonds. The molecule has 0 atom stereocenters. The van der Waals surface area contributed by atoms with Gasteiger partial charge >= 0.3 is 12.2 Å². The number of hydrogen-bond acceptors (Lipinski definition) is 6. The van der Waals surface area contributed by atoms with Gasteiger partial charge in [0.25, 0.3) is 0 Å². The second-order valence-electron chi connectivity index (χ2n) is 7.85. The van der Waals surface area contributed by atoms with Crippen LogP contribution in [-0.2, 0) is 6.18 Å². The lowest BCUT2D eigenvalue weighted by molar-refractivity contribution is -0.137. The lowest BCUT2D eigenvalue weighted by Crippen LogP contribution is -2.45. The third kappa shape index (κ3) is 6.85. The van der Waals surface area contributed by atoms with E-state index in [0.29, 0.717) is 37.4 Å². The quantitative estimate of drug-likeness (QED) is 0.239. The van der Waals surface area contributed by atoms with E-state index in [0.717, 1.165) is 12.1 Å². The smallest absolute Gasteiger partial charge is 0.416 e. The number of aliphatic imine (C=N–C) groups is 1. The zero-order valence-corrected chi connectivity index (χ0v) is 19.5. The summed E-state index contributed by atoms with van der Waals surface area (Å²) in [4.78, 5) is 22.1. The fourth-order valence-corrected chi connectivity index (χ4v) is 3.67. The van der Waals surface area contributed by atoms with Crippen LogP contribution in [0.25, 0.3) is 0 Å². The first-order valence-electron chi connectivity index (χ1n) is 11.1. The van der Waals surface area contributed by atoms with Crippen molar-refractivity contribution >= 4 is 18.4 Å². The number of urea groups is 1. The SMILES string of the molecule is C=N/C(=C(C#N)\C(=C/C)Oc1ccc(C(F)(F)F)cc1)N1CCC(NC(=O)Nc2cccnc2)CC1. The summed E-state index contributed by atoms with van der Waals surface area (Å²) in [7, 11) is 0. The van der Waals surface area contributed by atoms with Crippen LogP contribution in [0, 0.1) is 11.3 Å². The summed E-state index contributed by atoms with van der Waals surface area (Å²) in [6.07, 6.45) is 1.44. The van der Waals surface area contributed by atoms with Crippen molar-refractivity contribution in [3.8, 4) is 11.8 Å². The van der Waals surface area contributed by atoms with Crippen molar-refractivity contribution in [3.63, 3.8) is 0 Å². The highest BCUT2D eigenvalue weighted by molar-refractivity contribution is 5.89. The largest absolute Gasteiger partial charge is 0.456 e. The number of rotatable bonds is 7. The first-order chi connectivity index (χ1) is 17.2. The summed E-state index contributed by atoms with van der Waals surface area (Å²) < 4.78 is 44.2. The number of alkyl halides is 3. The van der Waals surface area contributed by atoms with E-state index in [1.165, 1.54) is 12.1 Å². The molecule has 3 rings (SSSR count). The molecule has 0 bridgehead atoms. The number of nitrogens with one attached hydrogen (secondary N) is 2. The number of pyridine rings is 1. The van der Waals surface area contributed by atoms with Crippen molar-refractivity contribution in [3.05, 3.63) is 77.6 Å². The second-order valence-corrected chi connectivity index (χ2v) is 7.85. The Morgan fingerprint density at radius 2 is 1.97 bits per heavy atom. The minimum Gasteiger partial charge on any atom is -0.456 e. The predicted molar refractivity (Wildman–Crippen MR) is 129 cm³/mol. The minimum absolute atomic E-state index is 0.0842. The van der Waals surface area contributed by atoms with Gasteiger partial charge in [-0.05, 0) is 69.0 Å². The molecule has 1 saturated heterocycles. The van der Waals surface area contributed by atoms with E-state index in [1.807, 2.05) is 4.90 Å². The number of likely N-dealkylation sites (tertiary alicyclic amines) is 1. The second kappa shape index (κ2) is 11.9. The highest BCUT2D eigenvalue weighted by Gasteiger charge is 2.30. The molecule has 1 aliphatic heterocycles. The lowest BCUT2D eigenvalue weighted by atomic mass is 10.0. The molecular formula is C25H25F3N6O2. The van der Waals surface area contributed by atoms with E-state index in [9.17, 15) is 23.2 Å². The fourth-order valence-electron chi connectivity index (χ4n) is 3.67. The molecule has 11 heteroatoms. The number of hydrogen-bond donors (Lipinski definition) is 2. The Bertz CT molecular complexity index is 1160. The van der Waals surface area contributed by atoms with Gasteiger partial charge in [0.15, 0.2) is 0 Å². The van der Waals surface area contributed by atoms with Gasteiger partial charge in [-0.3, -0.25) is 4.98 Å². The van der Waals surface area contributed by atoms with Crippen LogP contribution in [-0.4, -0.2) is 41.8 Å². The molecule has 36 heavy (non-hydrogen) atoms. The third-order valence-corrected chi connectivity index (χ3v) is 5.45. The molecule has 1 aromatic carbocycles. The lowest BCUT2D eigenvalue weighted by Gasteiger charge is -2.34. The number of piperidine rings is 1. The number of anilines is 1. The summed E-state index contributed by atoms with van der Waals surface area (Å²) >= 11 is 0. The number of aromatic nitrogens is 1. The van der Waals surface area contributed by atoms with Crippen molar-refractivity contribution in [2.24, 2.45) is 4.99 Å². The van der Waals surface area contributed by atoms with Gasteiger partial charge in [-0.15, -0.1) is 0 Å². The number of carbonyl (C=O) groups excluding carboxylic acids is 1. The van der Waals surface area contributed by atoms with E-state index in [1.54, 1.807) is 37.5 Å². The Labute approximate surface area is 206 Å². The standard InChI is InChI=1S/C25H25F3N6O2/c1-3-22(36-20-8-6-17(7-9-20)25(26,27)28)21(15-29)23(30-2)34-13-10-18(11-14-34)32-24(35)33-19-5-4-12-31-16-19/h3-9,12,16,18H,2,10-11,13-14H2,1H3,(H2,32,33,35)/b22-3+,23-21+. The zero-order valence-electron chi connectivity index (χ0n) is 19.5. The van der Waals surface area contributed by atoms with Crippen molar-refractivity contribution in [1.82, 2.24) is 15.2 Å². The third-order valence-electron chi connectivity index (χ3n) is 5.45. The van der Waals surface area contributed by atoms with Crippen LogP contribution in [0.2, 0.25) is 0 Å². The number of benzene rings is 1. The molecule has 0 saturated carbocycles. The normalized spacial score (nSPS) is 15.4. The number of carbonyl (C=O) groups is 1. The van der Waals surface area contributed by atoms with Crippen molar-refractivity contribution in [2.45, 2.75) is 32.0 Å². The molecule has 188 valence electrons. The van der Waals surface area contributed by atoms with Crippen molar-refractivity contribution in [2.75, 3.05) is 18.4 Å². The summed E-state index contributed by atoms with van der Waals surface area (Å²) in [5.74, 6) is 0.598. The Kier molecular flexibility index (Phi) is 8.67. The molecule has 0 spiro atoms. The number of halogens is 3. The number of ether oxygens (including phenoxy) is 1.